The van der Waals surface area contributed by atoms with E-state index in [4.69, 9.17) is 23.2 Å². The van der Waals surface area contributed by atoms with Gasteiger partial charge in [0.2, 0.25) is 0 Å². The van der Waals surface area contributed by atoms with Gasteiger partial charge in [-0.05, 0) is 28.2 Å². The molecule has 0 aliphatic rings. The van der Waals surface area contributed by atoms with Crippen LogP contribution in [0.5, 0.6) is 0 Å². The van der Waals surface area contributed by atoms with Gasteiger partial charge in [-0.25, -0.2) is 0 Å². The first-order chi connectivity index (χ1) is 9.88. The lowest BCUT2D eigenvalue weighted by Crippen LogP contribution is -2.14. The van der Waals surface area contributed by atoms with Crippen LogP contribution in [-0.4, -0.2) is 0 Å². The van der Waals surface area contributed by atoms with Crippen LogP contribution in [0.25, 0.3) is 0 Å². The summed E-state index contributed by atoms with van der Waals surface area (Å²) < 4.78 is 0. The zero-order chi connectivity index (χ0) is 15.5. The van der Waals surface area contributed by atoms with Gasteiger partial charge in [-0.1, -0.05) is 80.4 Å². The van der Waals surface area contributed by atoms with E-state index in [0.717, 1.165) is 12.1 Å². The molecule has 0 spiro atoms. The molecule has 2 rings (SSSR count). The average molecular weight is 322 g/mol. The summed E-state index contributed by atoms with van der Waals surface area (Å²) in [5, 5.41) is 4.64. The number of halogens is 2. The Labute approximate surface area is 137 Å². The van der Waals surface area contributed by atoms with E-state index < -0.39 is 0 Å². The van der Waals surface area contributed by atoms with Crippen molar-refractivity contribution in [3.05, 3.63) is 69.2 Å². The number of benzene rings is 2. The molecular formula is C18H21Cl2N. The summed E-state index contributed by atoms with van der Waals surface area (Å²) in [4.78, 5) is 0. The van der Waals surface area contributed by atoms with Gasteiger partial charge in [0.25, 0.3) is 0 Å². The van der Waals surface area contributed by atoms with Crippen LogP contribution in [0.3, 0.4) is 0 Å². The Bertz CT molecular complexity index is 598. The smallest absolute Gasteiger partial charge is 0.0637 e. The highest BCUT2D eigenvalue weighted by Crippen LogP contribution is 2.25. The molecule has 21 heavy (non-hydrogen) atoms. The second-order valence-electron chi connectivity index (χ2n) is 6.26. The first-order valence-electron chi connectivity index (χ1n) is 7.11. The Kier molecular flexibility index (Phi) is 5.32. The van der Waals surface area contributed by atoms with E-state index in [1.807, 2.05) is 12.1 Å². The van der Waals surface area contributed by atoms with Crippen molar-refractivity contribution < 1.29 is 0 Å². The highest BCUT2D eigenvalue weighted by atomic mass is 35.5. The molecule has 2 aromatic rings. The molecule has 0 amide bonds. The lowest BCUT2D eigenvalue weighted by atomic mass is 9.87. The van der Waals surface area contributed by atoms with Gasteiger partial charge in [0, 0.05) is 13.1 Å². The van der Waals surface area contributed by atoms with Crippen LogP contribution in [-0.2, 0) is 18.5 Å². The minimum absolute atomic E-state index is 0.195. The highest BCUT2D eigenvalue weighted by Gasteiger charge is 2.12. The molecule has 0 atom stereocenters. The minimum Gasteiger partial charge on any atom is -0.309 e. The summed E-state index contributed by atoms with van der Waals surface area (Å²) >= 11 is 12.2. The maximum Gasteiger partial charge on any atom is 0.0637 e. The first kappa shape index (κ1) is 16.4. The van der Waals surface area contributed by atoms with E-state index in [0.29, 0.717) is 16.6 Å². The average Bonchev–Trinajstić information content (AvgIpc) is 2.43. The molecule has 0 bridgehead atoms. The summed E-state index contributed by atoms with van der Waals surface area (Å²) in [6, 6.07) is 14.5. The topological polar surface area (TPSA) is 12.0 Å². The van der Waals surface area contributed by atoms with E-state index >= 15 is 0 Å². The molecule has 2 aromatic carbocycles. The molecule has 0 radical (unpaired) electrons. The lowest BCUT2D eigenvalue weighted by Gasteiger charge is -2.19. The molecule has 0 aliphatic carbocycles. The van der Waals surface area contributed by atoms with Crippen LogP contribution in [0.2, 0.25) is 10.0 Å². The fourth-order valence-electron chi connectivity index (χ4n) is 2.15. The quantitative estimate of drug-likeness (QED) is 0.775. The monoisotopic (exact) mass is 321 g/mol. The summed E-state index contributed by atoms with van der Waals surface area (Å²) in [5.41, 5.74) is 3.83. The maximum absolute atomic E-state index is 6.17. The maximum atomic E-state index is 6.17. The van der Waals surface area contributed by atoms with Gasteiger partial charge in [0.1, 0.15) is 0 Å². The van der Waals surface area contributed by atoms with Gasteiger partial charge in [-0.15, -0.1) is 0 Å². The lowest BCUT2D eigenvalue weighted by molar-refractivity contribution is 0.589. The second kappa shape index (κ2) is 6.83. The summed E-state index contributed by atoms with van der Waals surface area (Å²) in [6.45, 7) is 8.19. The van der Waals surface area contributed by atoms with Gasteiger partial charge < -0.3 is 5.32 Å². The number of nitrogens with one attached hydrogen (secondary N) is 1. The van der Waals surface area contributed by atoms with Crippen molar-refractivity contribution in [3.63, 3.8) is 0 Å². The normalized spacial score (nSPS) is 11.7. The largest absolute Gasteiger partial charge is 0.309 e. The fraction of sp³-hybridized carbons (Fsp3) is 0.333. The molecule has 0 unspecified atom stereocenters. The Morgan fingerprint density at radius 2 is 1.57 bits per heavy atom. The van der Waals surface area contributed by atoms with Gasteiger partial charge in [0.15, 0.2) is 0 Å². The second-order valence-corrected chi connectivity index (χ2v) is 7.05. The van der Waals surface area contributed by atoms with Gasteiger partial charge in [-0.2, -0.15) is 0 Å². The molecule has 0 fully saturated rings. The molecule has 3 heteroatoms. The summed E-state index contributed by atoms with van der Waals surface area (Å²) in [7, 11) is 0. The standard InChI is InChI=1S/C18H21Cl2N/c1-18(2,3)15-9-7-13(8-10-15)11-21-12-14-5-4-6-16(19)17(14)20/h4-10,21H,11-12H2,1-3H3. The number of hydrogen-bond acceptors (Lipinski definition) is 1. The van der Waals surface area contributed by atoms with Crippen LogP contribution in [0.15, 0.2) is 42.5 Å². The van der Waals surface area contributed by atoms with E-state index in [1.54, 1.807) is 6.07 Å². The van der Waals surface area contributed by atoms with Crippen molar-refractivity contribution in [2.24, 2.45) is 0 Å². The third-order valence-corrected chi connectivity index (χ3v) is 4.35. The molecule has 0 aliphatic heterocycles. The predicted molar refractivity (Wildman–Crippen MR) is 92.1 cm³/mol. The summed E-state index contributed by atoms with van der Waals surface area (Å²) in [6.07, 6.45) is 0. The van der Waals surface area contributed by atoms with Crippen LogP contribution < -0.4 is 5.32 Å². The van der Waals surface area contributed by atoms with Crippen molar-refractivity contribution >= 4 is 23.2 Å². The molecule has 0 saturated heterocycles. The Morgan fingerprint density at radius 1 is 0.905 bits per heavy atom. The van der Waals surface area contributed by atoms with Crippen molar-refractivity contribution in [2.75, 3.05) is 0 Å². The Hall–Kier alpha value is -1.02. The molecule has 0 aromatic heterocycles. The third kappa shape index (κ3) is 4.47. The minimum atomic E-state index is 0.195. The van der Waals surface area contributed by atoms with Gasteiger partial charge >= 0.3 is 0 Å². The number of rotatable bonds is 4. The number of hydrogen-bond donors (Lipinski definition) is 1. The van der Waals surface area contributed by atoms with Crippen molar-refractivity contribution in [2.45, 2.75) is 39.3 Å². The molecule has 0 heterocycles. The van der Waals surface area contributed by atoms with Crippen molar-refractivity contribution in [1.29, 1.82) is 0 Å². The zero-order valence-electron chi connectivity index (χ0n) is 12.7. The molecule has 0 saturated carbocycles. The van der Waals surface area contributed by atoms with Gasteiger partial charge in [-0.3, -0.25) is 0 Å². The van der Waals surface area contributed by atoms with E-state index in [-0.39, 0.29) is 5.41 Å². The van der Waals surface area contributed by atoms with Crippen LogP contribution in [0.4, 0.5) is 0 Å². The fourth-order valence-corrected chi connectivity index (χ4v) is 2.54. The van der Waals surface area contributed by atoms with E-state index in [2.05, 4.69) is 50.4 Å². The van der Waals surface area contributed by atoms with Gasteiger partial charge in [0.05, 0.1) is 10.0 Å². The molecule has 112 valence electrons. The van der Waals surface area contributed by atoms with Crippen molar-refractivity contribution in [1.82, 2.24) is 5.32 Å². The molecular weight excluding hydrogens is 301 g/mol. The SMILES string of the molecule is CC(C)(C)c1ccc(CNCc2cccc(Cl)c2Cl)cc1. The van der Waals surface area contributed by atoms with Crippen molar-refractivity contribution in [3.8, 4) is 0 Å². The first-order valence-corrected chi connectivity index (χ1v) is 7.86. The predicted octanol–water partition coefficient (Wildman–Crippen LogP) is 5.58. The van der Waals surface area contributed by atoms with Crippen LogP contribution >= 0.6 is 23.2 Å². The molecule has 1 nitrogen and oxygen atoms in total. The zero-order valence-corrected chi connectivity index (χ0v) is 14.2. The third-order valence-electron chi connectivity index (χ3n) is 3.50. The van der Waals surface area contributed by atoms with Crippen LogP contribution in [0.1, 0.15) is 37.5 Å². The Balaban J connectivity index is 1.93. The van der Waals surface area contributed by atoms with E-state index in [1.165, 1.54) is 11.1 Å². The molecule has 1 N–H and O–H groups in total. The highest BCUT2D eigenvalue weighted by molar-refractivity contribution is 6.42. The summed E-state index contributed by atoms with van der Waals surface area (Å²) in [5.74, 6) is 0. The van der Waals surface area contributed by atoms with E-state index in [9.17, 15) is 0 Å². The Morgan fingerprint density at radius 3 is 2.19 bits per heavy atom. The van der Waals surface area contributed by atoms with Crippen LogP contribution in [0, 0.1) is 0 Å².